The Hall–Kier alpha value is -3.46. The molecule has 0 saturated heterocycles. The first kappa shape index (κ1) is 30.5. The molecule has 2 nitrogen and oxygen atoms in total. The van der Waals surface area contributed by atoms with E-state index in [-0.39, 0.29) is 7.69 Å². The second-order valence-corrected chi connectivity index (χ2v) is 13.7. The van der Waals surface area contributed by atoms with Crippen molar-refractivity contribution in [3.8, 4) is 33.8 Å². The van der Waals surface area contributed by atoms with Crippen LogP contribution in [-0.2, 0) is 12.8 Å². The molecule has 214 valence electrons. The van der Waals surface area contributed by atoms with Crippen LogP contribution in [-0.4, -0.2) is 7.69 Å². The second-order valence-electron chi connectivity index (χ2n) is 13.7. The van der Waals surface area contributed by atoms with Gasteiger partial charge in [0.25, 0.3) is 0 Å². The minimum absolute atomic E-state index is 0.172. The SMILES string of the molecule is CC(C)(C)CCCc1ccc(-c2ccc(OBOc3ccc(-c4ccc(CCCC(C)(C)C)cc4)cc3)cc2)cc1. The zero-order valence-electron chi connectivity index (χ0n) is 26.0. The van der Waals surface area contributed by atoms with E-state index in [0.717, 1.165) is 24.3 Å². The number of aryl methyl sites for hydroxylation is 2. The molecular weight excluding hydrogens is 499 g/mol. The van der Waals surface area contributed by atoms with Crippen molar-refractivity contribution in [1.82, 2.24) is 0 Å². The Morgan fingerprint density at radius 1 is 0.439 bits per heavy atom. The third-order valence-electron chi connectivity index (χ3n) is 7.52. The summed E-state index contributed by atoms with van der Waals surface area (Å²) in [7, 11) is 0.172. The number of benzene rings is 4. The van der Waals surface area contributed by atoms with Gasteiger partial charge in [-0.15, -0.1) is 0 Å². The molecule has 4 aromatic rings. The van der Waals surface area contributed by atoms with Crippen LogP contribution in [0.2, 0.25) is 0 Å². The molecule has 0 radical (unpaired) electrons. The van der Waals surface area contributed by atoms with E-state index < -0.39 is 0 Å². The molecular formula is C38H47BO2. The Morgan fingerprint density at radius 2 is 0.732 bits per heavy atom. The fraction of sp³-hybridized carbons (Fsp3) is 0.368. The molecule has 0 atom stereocenters. The van der Waals surface area contributed by atoms with Crippen molar-refractivity contribution < 1.29 is 9.31 Å². The average molecular weight is 547 g/mol. The fourth-order valence-corrected chi connectivity index (χ4v) is 5.03. The van der Waals surface area contributed by atoms with E-state index in [1.807, 2.05) is 24.3 Å². The van der Waals surface area contributed by atoms with Gasteiger partial charge in [0.05, 0.1) is 0 Å². The Labute approximate surface area is 249 Å². The van der Waals surface area contributed by atoms with Crippen LogP contribution in [0, 0.1) is 10.8 Å². The minimum atomic E-state index is 0.172. The predicted octanol–water partition coefficient (Wildman–Crippen LogP) is 10.5. The van der Waals surface area contributed by atoms with E-state index in [1.54, 1.807) is 0 Å². The Bertz CT molecular complexity index is 1220. The summed E-state index contributed by atoms with van der Waals surface area (Å²) in [4.78, 5) is 0. The highest BCUT2D eigenvalue weighted by Crippen LogP contribution is 2.27. The Morgan fingerprint density at radius 3 is 1.02 bits per heavy atom. The minimum Gasteiger partial charge on any atom is -0.529 e. The molecule has 4 rings (SSSR count). The zero-order chi connectivity index (χ0) is 29.3. The Balaban J connectivity index is 1.21. The normalized spacial score (nSPS) is 11.8. The summed E-state index contributed by atoms with van der Waals surface area (Å²) in [6.07, 6.45) is 7.23. The molecule has 0 aliphatic rings. The summed E-state index contributed by atoms with van der Waals surface area (Å²) in [5, 5.41) is 0. The van der Waals surface area contributed by atoms with E-state index in [9.17, 15) is 0 Å². The molecule has 0 unspecified atom stereocenters. The van der Waals surface area contributed by atoms with Gasteiger partial charge in [-0.05, 0) is 107 Å². The van der Waals surface area contributed by atoms with Crippen LogP contribution in [0.15, 0.2) is 97.1 Å². The first-order chi connectivity index (χ1) is 19.5. The van der Waals surface area contributed by atoms with Crippen molar-refractivity contribution in [3.63, 3.8) is 0 Å². The van der Waals surface area contributed by atoms with Crippen molar-refractivity contribution in [2.45, 2.75) is 80.1 Å². The van der Waals surface area contributed by atoms with Crippen molar-refractivity contribution in [3.05, 3.63) is 108 Å². The van der Waals surface area contributed by atoms with Crippen LogP contribution in [0.3, 0.4) is 0 Å². The van der Waals surface area contributed by atoms with Gasteiger partial charge in [-0.3, -0.25) is 0 Å². The first-order valence-corrected chi connectivity index (χ1v) is 15.2. The van der Waals surface area contributed by atoms with E-state index in [4.69, 9.17) is 9.31 Å². The summed E-state index contributed by atoms with van der Waals surface area (Å²) < 4.78 is 11.7. The zero-order valence-corrected chi connectivity index (χ0v) is 26.0. The van der Waals surface area contributed by atoms with Crippen molar-refractivity contribution >= 4 is 7.69 Å². The van der Waals surface area contributed by atoms with Gasteiger partial charge < -0.3 is 9.31 Å². The molecule has 0 bridgehead atoms. The molecule has 4 aromatic carbocycles. The third-order valence-corrected chi connectivity index (χ3v) is 7.52. The van der Waals surface area contributed by atoms with Gasteiger partial charge in [-0.25, -0.2) is 0 Å². The molecule has 0 N–H and O–H groups in total. The lowest BCUT2D eigenvalue weighted by atomic mass is 9.89. The molecule has 0 amide bonds. The maximum Gasteiger partial charge on any atom is 0.576 e. The van der Waals surface area contributed by atoms with Gasteiger partial charge in [0.1, 0.15) is 11.5 Å². The Kier molecular flexibility index (Phi) is 10.4. The van der Waals surface area contributed by atoms with Gasteiger partial charge in [0.15, 0.2) is 0 Å². The van der Waals surface area contributed by atoms with Gasteiger partial charge >= 0.3 is 7.69 Å². The van der Waals surface area contributed by atoms with Gasteiger partial charge in [-0.2, -0.15) is 0 Å². The summed E-state index contributed by atoms with van der Waals surface area (Å²) in [6.45, 7) is 13.8. The summed E-state index contributed by atoms with van der Waals surface area (Å²) >= 11 is 0. The number of rotatable bonds is 12. The van der Waals surface area contributed by atoms with E-state index in [0.29, 0.717) is 10.8 Å². The van der Waals surface area contributed by atoms with Crippen molar-refractivity contribution in [2.24, 2.45) is 10.8 Å². The molecule has 0 aliphatic heterocycles. The highest BCUT2D eigenvalue weighted by atomic mass is 16.6. The highest BCUT2D eigenvalue weighted by Gasteiger charge is 2.10. The molecule has 0 spiro atoms. The molecule has 0 aliphatic carbocycles. The monoisotopic (exact) mass is 546 g/mol. The molecule has 0 fully saturated rings. The highest BCUT2D eigenvalue weighted by molar-refractivity contribution is 6.20. The van der Waals surface area contributed by atoms with Gasteiger partial charge in [0, 0.05) is 0 Å². The lowest BCUT2D eigenvalue weighted by Crippen LogP contribution is -2.10. The van der Waals surface area contributed by atoms with Crippen LogP contribution < -0.4 is 9.31 Å². The lowest BCUT2D eigenvalue weighted by molar-refractivity contribution is 0.365. The molecule has 41 heavy (non-hydrogen) atoms. The average Bonchev–Trinajstić information content (AvgIpc) is 2.93. The predicted molar refractivity (Wildman–Crippen MR) is 177 cm³/mol. The third kappa shape index (κ3) is 10.5. The molecule has 0 saturated carbocycles. The van der Waals surface area contributed by atoms with Crippen LogP contribution >= 0.6 is 0 Å². The fourth-order valence-electron chi connectivity index (χ4n) is 5.03. The quantitative estimate of drug-likeness (QED) is 0.165. The number of hydrogen-bond donors (Lipinski definition) is 0. The summed E-state index contributed by atoms with van der Waals surface area (Å²) in [6, 6.07) is 34.3. The smallest absolute Gasteiger partial charge is 0.529 e. The summed E-state index contributed by atoms with van der Waals surface area (Å²) in [5.74, 6) is 1.60. The topological polar surface area (TPSA) is 18.5 Å². The van der Waals surface area contributed by atoms with Crippen LogP contribution in [0.5, 0.6) is 11.5 Å². The van der Waals surface area contributed by atoms with E-state index in [1.165, 1.54) is 59.1 Å². The van der Waals surface area contributed by atoms with Gasteiger partial charge in [0.2, 0.25) is 0 Å². The lowest BCUT2D eigenvalue weighted by Gasteiger charge is -2.17. The van der Waals surface area contributed by atoms with Crippen molar-refractivity contribution in [1.29, 1.82) is 0 Å². The van der Waals surface area contributed by atoms with Crippen molar-refractivity contribution in [2.75, 3.05) is 0 Å². The van der Waals surface area contributed by atoms with Crippen LogP contribution in [0.25, 0.3) is 22.3 Å². The summed E-state index contributed by atoms with van der Waals surface area (Å²) in [5.41, 5.74) is 8.44. The maximum absolute atomic E-state index is 5.85. The van der Waals surface area contributed by atoms with E-state index >= 15 is 0 Å². The van der Waals surface area contributed by atoms with E-state index in [2.05, 4.69) is 114 Å². The van der Waals surface area contributed by atoms with Crippen LogP contribution in [0.4, 0.5) is 0 Å². The van der Waals surface area contributed by atoms with Gasteiger partial charge in [-0.1, -0.05) is 114 Å². The largest absolute Gasteiger partial charge is 0.576 e. The standard InChI is InChI=1S/C38H47BO2/c1-37(2,3)27-7-9-29-11-15-31(16-12-29)33-19-23-35(24-20-33)40-39-41-36-25-21-34(22-26-36)32-17-13-30(14-18-32)10-8-28-38(4,5)6/h11-26,39H,7-10,27-28H2,1-6H3. The molecule has 0 aromatic heterocycles. The molecule has 3 heteroatoms. The first-order valence-electron chi connectivity index (χ1n) is 15.2. The molecule has 0 heterocycles. The maximum atomic E-state index is 5.85. The number of hydrogen-bond acceptors (Lipinski definition) is 2. The second kappa shape index (κ2) is 13.9. The van der Waals surface area contributed by atoms with Crippen LogP contribution in [0.1, 0.15) is 78.4 Å².